The first kappa shape index (κ1) is 32.1. The Bertz CT molecular complexity index is 1950. The van der Waals surface area contributed by atoms with Gasteiger partial charge in [0.25, 0.3) is 11.8 Å². The molecule has 3 heterocycles. The van der Waals surface area contributed by atoms with Gasteiger partial charge in [0.05, 0.1) is 33.8 Å². The summed E-state index contributed by atoms with van der Waals surface area (Å²) >= 11 is 12.5. The number of hydrogen-bond acceptors (Lipinski definition) is 7. The average Bonchev–Trinajstić information content (AvgIpc) is 3.39. The van der Waals surface area contributed by atoms with Crippen LogP contribution in [0.2, 0.25) is 10.0 Å². The fourth-order valence-corrected chi connectivity index (χ4v) is 8.53. The van der Waals surface area contributed by atoms with Crippen LogP contribution in [0.1, 0.15) is 41.0 Å². The highest BCUT2D eigenvalue weighted by Crippen LogP contribution is 2.65. The number of anilines is 1. The zero-order valence-corrected chi connectivity index (χ0v) is 26.9. The van der Waals surface area contributed by atoms with E-state index in [1.54, 1.807) is 49.4 Å². The summed E-state index contributed by atoms with van der Waals surface area (Å²) in [4.78, 5) is 61.2. The molecule has 14 heteroatoms. The number of aryl methyl sites for hydroxylation is 1. The van der Waals surface area contributed by atoms with Gasteiger partial charge in [-0.1, -0.05) is 65.2 Å². The van der Waals surface area contributed by atoms with Crippen LogP contribution < -0.4 is 5.43 Å². The Kier molecular flexibility index (Phi) is 7.41. The van der Waals surface area contributed by atoms with Crippen molar-refractivity contribution in [2.75, 3.05) is 12.5 Å². The van der Waals surface area contributed by atoms with Crippen molar-refractivity contribution in [3.63, 3.8) is 0 Å². The molecule has 3 fully saturated rings. The van der Waals surface area contributed by atoms with Gasteiger partial charge >= 0.3 is 6.18 Å². The quantitative estimate of drug-likeness (QED) is 0.252. The van der Waals surface area contributed by atoms with E-state index in [1.165, 1.54) is 7.05 Å². The lowest BCUT2D eigenvalue weighted by Gasteiger charge is -2.50. The molecular weight excluding hydrogens is 672 g/mol. The van der Waals surface area contributed by atoms with E-state index in [0.717, 1.165) is 4.90 Å². The van der Waals surface area contributed by atoms with Crippen LogP contribution in [0.5, 0.6) is 5.75 Å². The number of pyridine rings is 1. The molecule has 4 aliphatic rings. The molecule has 0 unspecified atom stereocenters. The third-order valence-corrected chi connectivity index (χ3v) is 10.9. The van der Waals surface area contributed by atoms with Gasteiger partial charge in [-0.05, 0) is 55.0 Å². The number of likely N-dealkylation sites (tertiary alicyclic amines) is 1. The Balaban J connectivity index is 1.46. The van der Waals surface area contributed by atoms with Crippen LogP contribution in [-0.4, -0.2) is 50.7 Å². The number of alkyl halides is 3. The molecule has 2 aliphatic carbocycles. The molecule has 2 N–H and O–H groups in total. The number of aromatic hydroxyl groups is 1. The highest BCUT2D eigenvalue weighted by molar-refractivity contribution is 6.33. The number of phenols is 1. The number of fused-ring (bicyclic) bond motifs is 4. The largest absolute Gasteiger partial charge is 0.507 e. The molecule has 0 spiro atoms. The van der Waals surface area contributed by atoms with Gasteiger partial charge in [-0.15, -0.1) is 0 Å². The highest BCUT2D eigenvalue weighted by Gasteiger charge is 2.70. The number of aromatic nitrogens is 1. The van der Waals surface area contributed by atoms with Gasteiger partial charge in [-0.3, -0.25) is 29.5 Å². The maximum atomic E-state index is 15.1. The Hall–Kier alpha value is -4.42. The Morgan fingerprint density at radius 1 is 1.00 bits per heavy atom. The number of benzene rings is 2. The van der Waals surface area contributed by atoms with Crippen LogP contribution in [-0.2, 0) is 30.8 Å². The van der Waals surface area contributed by atoms with Crippen LogP contribution in [0.4, 0.5) is 19.0 Å². The number of halogens is 5. The second-order valence-electron chi connectivity index (χ2n) is 12.7. The molecule has 0 bridgehead atoms. The zero-order chi connectivity index (χ0) is 34.4. The lowest BCUT2D eigenvalue weighted by atomic mass is 9.49. The summed E-state index contributed by atoms with van der Waals surface area (Å²) in [7, 11) is 1.42. The van der Waals surface area contributed by atoms with Crippen molar-refractivity contribution in [3.05, 3.63) is 98.7 Å². The van der Waals surface area contributed by atoms with Crippen LogP contribution in [0.3, 0.4) is 0 Å². The van der Waals surface area contributed by atoms with Gasteiger partial charge in [0.2, 0.25) is 11.8 Å². The van der Waals surface area contributed by atoms with Crippen molar-refractivity contribution in [2.24, 2.45) is 23.7 Å². The van der Waals surface area contributed by atoms with Gasteiger partial charge in [0.1, 0.15) is 5.75 Å². The monoisotopic (exact) mass is 698 g/mol. The van der Waals surface area contributed by atoms with Crippen LogP contribution in [0, 0.1) is 30.6 Å². The minimum atomic E-state index is -4.74. The molecule has 6 atom stereocenters. The minimum Gasteiger partial charge on any atom is -0.507 e. The molecule has 3 aromatic rings. The molecule has 1 saturated carbocycles. The maximum Gasteiger partial charge on any atom is 0.417 e. The van der Waals surface area contributed by atoms with E-state index in [0.29, 0.717) is 44.6 Å². The second kappa shape index (κ2) is 11.1. The van der Waals surface area contributed by atoms with E-state index >= 15 is 4.79 Å². The summed E-state index contributed by atoms with van der Waals surface area (Å²) in [6, 6.07) is 12.1. The van der Waals surface area contributed by atoms with Crippen LogP contribution in [0.25, 0.3) is 0 Å². The molecule has 7 rings (SSSR count). The van der Waals surface area contributed by atoms with E-state index in [2.05, 4.69) is 10.4 Å². The van der Waals surface area contributed by atoms with E-state index in [9.17, 15) is 32.7 Å². The number of nitrogens with one attached hydrogen (secondary N) is 1. The first-order valence-corrected chi connectivity index (χ1v) is 15.9. The zero-order valence-electron chi connectivity index (χ0n) is 25.4. The van der Waals surface area contributed by atoms with Gasteiger partial charge in [0.15, 0.2) is 5.82 Å². The van der Waals surface area contributed by atoms with Crippen LogP contribution >= 0.6 is 23.2 Å². The van der Waals surface area contributed by atoms with Gasteiger partial charge in [0, 0.05) is 29.7 Å². The number of amides is 4. The third kappa shape index (κ3) is 4.48. The Morgan fingerprint density at radius 3 is 2.38 bits per heavy atom. The smallest absolute Gasteiger partial charge is 0.417 e. The number of para-hydroxylation sites is 1. The average molecular weight is 700 g/mol. The maximum absolute atomic E-state index is 15.1. The normalized spacial score (nSPS) is 28.3. The third-order valence-electron chi connectivity index (χ3n) is 10.4. The predicted octanol–water partition coefficient (Wildman–Crippen LogP) is 6.04. The number of carbonyl (C=O) groups is 4. The van der Waals surface area contributed by atoms with Crippen LogP contribution in [0.15, 0.2) is 66.4 Å². The summed E-state index contributed by atoms with van der Waals surface area (Å²) in [6.45, 7) is 1.69. The molecule has 9 nitrogen and oxygen atoms in total. The Morgan fingerprint density at radius 2 is 1.71 bits per heavy atom. The summed E-state index contributed by atoms with van der Waals surface area (Å²) in [6.07, 6.45) is -2.15. The molecule has 248 valence electrons. The highest BCUT2D eigenvalue weighted by atomic mass is 35.5. The predicted molar refractivity (Wildman–Crippen MR) is 167 cm³/mol. The first-order chi connectivity index (χ1) is 22.7. The number of nitrogens with zero attached hydrogens (tertiary/aromatic N) is 3. The number of hydrogen-bond donors (Lipinski definition) is 2. The van der Waals surface area contributed by atoms with E-state index < -0.39 is 63.6 Å². The molecule has 2 aliphatic heterocycles. The van der Waals surface area contributed by atoms with Gasteiger partial charge in [-0.2, -0.15) is 18.2 Å². The Labute approximate surface area is 282 Å². The fraction of sp³-hybridized carbons (Fsp3) is 0.324. The number of carbonyl (C=O) groups excluding carboxylic acids is 4. The number of imide groups is 2. The summed E-state index contributed by atoms with van der Waals surface area (Å²) in [5.41, 5.74) is 1.60. The molecule has 48 heavy (non-hydrogen) atoms. The van der Waals surface area contributed by atoms with Gasteiger partial charge < -0.3 is 5.11 Å². The summed E-state index contributed by atoms with van der Waals surface area (Å²) in [5, 5.41) is 12.1. The number of allylic oxidation sites excluding steroid dienone is 2. The molecular formula is C34H27Cl2F3N4O5. The summed E-state index contributed by atoms with van der Waals surface area (Å²) < 4.78 is 40.1. The summed E-state index contributed by atoms with van der Waals surface area (Å²) in [5.74, 6) is -6.95. The lowest BCUT2D eigenvalue weighted by molar-refractivity contribution is -0.140. The molecule has 4 amide bonds. The first-order valence-electron chi connectivity index (χ1n) is 15.1. The molecule has 0 radical (unpaired) electrons. The van der Waals surface area contributed by atoms with Crippen molar-refractivity contribution < 1.29 is 37.5 Å². The van der Waals surface area contributed by atoms with Gasteiger partial charge in [-0.25, -0.2) is 4.98 Å². The van der Waals surface area contributed by atoms with Crippen molar-refractivity contribution in [2.45, 2.75) is 37.3 Å². The fourth-order valence-electron chi connectivity index (χ4n) is 8.20. The van der Waals surface area contributed by atoms with Crippen molar-refractivity contribution in [1.82, 2.24) is 14.9 Å². The number of rotatable bonds is 4. The lowest BCUT2D eigenvalue weighted by Crippen LogP contribution is -2.53. The van der Waals surface area contributed by atoms with E-state index in [4.69, 9.17) is 23.2 Å². The molecule has 2 aromatic carbocycles. The second-order valence-corrected chi connectivity index (χ2v) is 13.5. The topological polar surface area (TPSA) is 120 Å². The standard InChI is InChI=1S/C34H27Cl2F3N4O5/c1-15-4-3-5-21(27(15)44)26-19-10-11-20-25(31(47)42(2)29(20)45)22(19)13-23-30(46)43(32(48)33(23,26)16-6-8-18(35)9-7-16)41-28-24(36)12-17(14-40-28)34(37,38)39/h3-10,12,14,20,22-23,25-26,44H,11,13H2,1-2H3,(H,40,41)/t20-,22+,23-,25-,26+,33+/m0/s1. The number of hydrazine groups is 1. The van der Waals surface area contributed by atoms with Crippen molar-refractivity contribution in [3.8, 4) is 5.75 Å². The molecule has 2 saturated heterocycles. The minimum absolute atomic E-state index is 0.0114. The van der Waals surface area contributed by atoms with E-state index in [-0.39, 0.29) is 36.2 Å². The van der Waals surface area contributed by atoms with E-state index in [1.807, 2.05) is 6.08 Å². The number of phenolic OH excluding ortho intramolecular Hbond substituents is 1. The SMILES string of the molecule is Cc1cccc([C@H]2C3=CC[C@@H]4C(=O)N(C)C(=O)[C@@H]4[C@@H]3C[C@H]3C(=O)N(Nc4ncc(C(F)(F)F)cc4Cl)C(=O)[C@@]23c2ccc(Cl)cc2)c1O. The van der Waals surface area contributed by atoms with Crippen molar-refractivity contribution >= 4 is 52.6 Å². The molecule has 1 aromatic heterocycles. The van der Waals surface area contributed by atoms with Crippen molar-refractivity contribution in [1.29, 1.82) is 0 Å².